The molecule has 1 amide bonds. The number of rotatable bonds is 10. The molecule has 3 rings (SSSR count). The van der Waals surface area contributed by atoms with Gasteiger partial charge in [0.15, 0.2) is 0 Å². The number of nitrogens with zero attached hydrogens (tertiary/aromatic N) is 2. The third-order valence-electron chi connectivity index (χ3n) is 4.50. The van der Waals surface area contributed by atoms with Gasteiger partial charge in [0.2, 0.25) is 0 Å². The second kappa shape index (κ2) is 9.71. The highest BCUT2D eigenvalue weighted by Gasteiger charge is 2.10. The fraction of sp³-hybridized carbons (Fsp3) is 0.273. The number of amides is 1. The first-order chi connectivity index (χ1) is 13.6. The molecular formula is C22H25N3O3. The first kappa shape index (κ1) is 19.6. The number of benzene rings is 2. The lowest BCUT2D eigenvalue weighted by Gasteiger charge is -2.13. The number of imidazole rings is 1. The topological polar surface area (TPSA) is 90.4 Å². The monoisotopic (exact) mass is 379 g/mol. The second-order valence-electron chi connectivity index (χ2n) is 6.75. The average molecular weight is 379 g/mol. The predicted molar refractivity (Wildman–Crippen MR) is 107 cm³/mol. The zero-order chi connectivity index (χ0) is 19.8. The predicted octanol–water partition coefficient (Wildman–Crippen LogP) is 2.94. The lowest BCUT2D eigenvalue weighted by Crippen LogP contribution is -2.15. The highest BCUT2D eigenvalue weighted by molar-refractivity contribution is 5.90. The largest absolute Gasteiger partial charge is 0.489 e. The summed E-state index contributed by atoms with van der Waals surface area (Å²) in [6.45, 7) is 0.912. The number of hydrogen-bond donors (Lipinski definition) is 2. The molecule has 0 bridgehead atoms. The first-order valence-corrected chi connectivity index (χ1v) is 9.36. The summed E-state index contributed by atoms with van der Waals surface area (Å²) in [7, 11) is 0. The van der Waals surface area contributed by atoms with E-state index in [4.69, 9.17) is 10.5 Å². The van der Waals surface area contributed by atoms with Gasteiger partial charge < -0.3 is 20.1 Å². The Hall–Kier alpha value is -3.12. The number of primary amides is 1. The van der Waals surface area contributed by atoms with Gasteiger partial charge in [-0.1, -0.05) is 48.5 Å². The molecule has 2 aromatic carbocycles. The fourth-order valence-corrected chi connectivity index (χ4v) is 3.04. The molecule has 0 aliphatic carbocycles. The number of nitrogens with two attached hydrogens (primary N) is 1. The molecule has 28 heavy (non-hydrogen) atoms. The van der Waals surface area contributed by atoms with Crippen molar-refractivity contribution in [1.29, 1.82) is 0 Å². The van der Waals surface area contributed by atoms with Crippen LogP contribution >= 0.6 is 0 Å². The van der Waals surface area contributed by atoms with Gasteiger partial charge in [-0.25, -0.2) is 4.98 Å². The van der Waals surface area contributed by atoms with Gasteiger partial charge in [-0.05, 0) is 36.5 Å². The molecule has 0 unspecified atom stereocenters. The zero-order valence-corrected chi connectivity index (χ0v) is 15.7. The summed E-state index contributed by atoms with van der Waals surface area (Å²) in [5.41, 5.74) is 7.65. The molecule has 0 saturated heterocycles. The Kier molecular flexibility index (Phi) is 6.81. The smallest absolute Gasteiger partial charge is 0.268 e. The minimum absolute atomic E-state index is 0.205. The van der Waals surface area contributed by atoms with Crippen molar-refractivity contribution in [1.82, 2.24) is 9.55 Å². The fourth-order valence-electron chi connectivity index (χ4n) is 3.04. The van der Waals surface area contributed by atoms with Crippen molar-refractivity contribution in [2.24, 2.45) is 5.73 Å². The molecule has 3 aromatic rings. The highest BCUT2D eigenvalue weighted by Crippen LogP contribution is 2.22. The normalized spacial score (nSPS) is 11.9. The Morgan fingerprint density at radius 2 is 1.89 bits per heavy atom. The number of aliphatic hydroxyl groups excluding tert-OH is 1. The second-order valence-corrected chi connectivity index (χ2v) is 6.75. The molecule has 3 N–H and O–H groups in total. The Balaban J connectivity index is 1.48. The summed E-state index contributed by atoms with van der Waals surface area (Å²) in [6, 6.07) is 18.1. The van der Waals surface area contributed by atoms with Gasteiger partial charge in [-0.3, -0.25) is 4.79 Å². The molecule has 6 heteroatoms. The number of aryl methyl sites for hydroxylation is 1. The van der Waals surface area contributed by atoms with Crippen LogP contribution in [-0.4, -0.2) is 26.7 Å². The van der Waals surface area contributed by atoms with E-state index >= 15 is 0 Å². The lowest BCUT2D eigenvalue weighted by atomic mass is 10.0. The maximum absolute atomic E-state index is 11.1. The van der Waals surface area contributed by atoms with Gasteiger partial charge >= 0.3 is 0 Å². The van der Waals surface area contributed by atoms with Crippen molar-refractivity contribution in [3.8, 4) is 5.75 Å². The first-order valence-electron chi connectivity index (χ1n) is 9.36. The molecule has 0 aliphatic heterocycles. The van der Waals surface area contributed by atoms with Gasteiger partial charge in [-0.15, -0.1) is 0 Å². The number of aliphatic hydroxyl groups is 1. The molecule has 0 radical (unpaired) electrons. The van der Waals surface area contributed by atoms with Crippen LogP contribution in [-0.2, 0) is 19.6 Å². The molecule has 0 aliphatic rings. The van der Waals surface area contributed by atoms with Crippen LogP contribution in [0.1, 0.15) is 34.5 Å². The summed E-state index contributed by atoms with van der Waals surface area (Å²) in [5.74, 6) is 0.307. The number of hydrogen-bond acceptors (Lipinski definition) is 4. The van der Waals surface area contributed by atoms with Gasteiger partial charge in [-0.2, -0.15) is 0 Å². The van der Waals surface area contributed by atoms with Crippen molar-refractivity contribution in [2.45, 2.75) is 38.5 Å². The van der Waals surface area contributed by atoms with Crippen molar-refractivity contribution in [3.63, 3.8) is 0 Å². The van der Waals surface area contributed by atoms with Crippen LogP contribution in [0.15, 0.2) is 67.1 Å². The minimum atomic E-state index is -0.569. The molecule has 0 saturated carbocycles. The summed E-state index contributed by atoms with van der Waals surface area (Å²) in [5, 5.41) is 10.3. The molecular weight excluding hydrogens is 354 g/mol. The van der Waals surface area contributed by atoms with E-state index < -0.39 is 12.0 Å². The highest BCUT2D eigenvalue weighted by atomic mass is 16.5. The van der Waals surface area contributed by atoms with E-state index in [-0.39, 0.29) is 5.69 Å². The third kappa shape index (κ3) is 5.69. The average Bonchev–Trinajstić information content (AvgIpc) is 3.17. The standard InChI is InChI=1S/C22H25N3O3/c23-22(27)20-14-25(16-24-20)13-19(26)11-6-10-18-9-4-5-12-21(18)28-15-17-7-2-1-3-8-17/h1-5,7-9,12,14,16,19,26H,6,10-11,13,15H2,(H2,23,27)/t19-/m0/s1. The maximum Gasteiger partial charge on any atom is 0.268 e. The van der Waals surface area contributed by atoms with Gasteiger partial charge in [0, 0.05) is 12.7 Å². The van der Waals surface area contributed by atoms with Crippen LogP contribution in [0.2, 0.25) is 0 Å². The molecule has 1 heterocycles. The van der Waals surface area contributed by atoms with E-state index in [9.17, 15) is 9.90 Å². The lowest BCUT2D eigenvalue weighted by molar-refractivity contribution is 0.0995. The summed E-state index contributed by atoms with van der Waals surface area (Å²) in [6.07, 6.45) is 4.82. The summed E-state index contributed by atoms with van der Waals surface area (Å²) >= 11 is 0. The van der Waals surface area contributed by atoms with E-state index in [1.165, 1.54) is 6.33 Å². The van der Waals surface area contributed by atoms with Gasteiger partial charge in [0.05, 0.1) is 12.4 Å². The van der Waals surface area contributed by atoms with Gasteiger partial charge in [0.25, 0.3) is 5.91 Å². The van der Waals surface area contributed by atoms with E-state index in [0.29, 0.717) is 19.6 Å². The molecule has 146 valence electrons. The van der Waals surface area contributed by atoms with Gasteiger partial charge in [0.1, 0.15) is 18.1 Å². The van der Waals surface area contributed by atoms with E-state index in [1.54, 1.807) is 10.8 Å². The van der Waals surface area contributed by atoms with Crippen LogP contribution < -0.4 is 10.5 Å². The number of para-hydroxylation sites is 1. The zero-order valence-electron chi connectivity index (χ0n) is 15.7. The van der Waals surface area contributed by atoms with Crippen molar-refractivity contribution >= 4 is 5.91 Å². The number of carbonyl (C=O) groups excluding carboxylic acids is 1. The van der Waals surface area contributed by atoms with Crippen LogP contribution in [0.3, 0.4) is 0 Å². The Bertz CT molecular complexity index is 893. The summed E-state index contributed by atoms with van der Waals surface area (Å²) < 4.78 is 7.67. The summed E-state index contributed by atoms with van der Waals surface area (Å²) in [4.78, 5) is 15.0. The Morgan fingerprint density at radius 1 is 1.14 bits per heavy atom. The van der Waals surface area contributed by atoms with Crippen molar-refractivity contribution < 1.29 is 14.6 Å². The maximum atomic E-state index is 11.1. The third-order valence-corrected chi connectivity index (χ3v) is 4.50. The molecule has 1 atom stereocenters. The van der Waals surface area contributed by atoms with Crippen LogP contribution in [0, 0.1) is 0 Å². The Morgan fingerprint density at radius 3 is 2.64 bits per heavy atom. The molecule has 6 nitrogen and oxygen atoms in total. The Labute approximate surface area is 164 Å². The SMILES string of the molecule is NC(=O)c1cn(C[C@@H](O)CCCc2ccccc2OCc2ccccc2)cn1. The number of aromatic nitrogens is 2. The number of ether oxygens (including phenoxy) is 1. The van der Waals surface area contributed by atoms with Crippen molar-refractivity contribution in [2.75, 3.05) is 0 Å². The van der Waals surface area contributed by atoms with E-state index in [0.717, 1.165) is 29.7 Å². The molecule has 1 aromatic heterocycles. The number of carbonyl (C=O) groups is 1. The van der Waals surface area contributed by atoms with E-state index in [2.05, 4.69) is 11.1 Å². The van der Waals surface area contributed by atoms with Crippen LogP contribution in [0.4, 0.5) is 0 Å². The molecule has 0 spiro atoms. The van der Waals surface area contributed by atoms with Crippen LogP contribution in [0.25, 0.3) is 0 Å². The van der Waals surface area contributed by atoms with Crippen LogP contribution in [0.5, 0.6) is 5.75 Å². The molecule has 0 fully saturated rings. The minimum Gasteiger partial charge on any atom is -0.489 e. The van der Waals surface area contributed by atoms with Crippen molar-refractivity contribution in [3.05, 3.63) is 83.9 Å². The quantitative estimate of drug-likeness (QED) is 0.567. The van der Waals surface area contributed by atoms with E-state index in [1.807, 2.05) is 48.5 Å².